The van der Waals surface area contributed by atoms with Crippen LogP contribution in [0, 0.1) is 0 Å². The van der Waals surface area contributed by atoms with E-state index in [9.17, 15) is 0 Å². The number of thiophene rings is 1. The zero-order chi connectivity index (χ0) is 25.1. The molecule has 3 heteroatoms. The van der Waals surface area contributed by atoms with Crippen molar-refractivity contribution in [3.63, 3.8) is 0 Å². The maximum atomic E-state index is 4.62. The smallest absolute Gasteiger partial charge is 0.0541 e. The molecular weight excluding hydrogens is 480 g/mol. The zero-order valence-corrected chi connectivity index (χ0v) is 21.3. The lowest BCUT2D eigenvalue weighted by Crippen LogP contribution is -1.94. The number of hydrogen-bond donors (Lipinski definition) is 0. The summed E-state index contributed by atoms with van der Waals surface area (Å²) >= 11 is 1.84. The average molecular weight is 503 g/mol. The summed E-state index contributed by atoms with van der Waals surface area (Å²) in [4.78, 5) is 4.62. The van der Waals surface area contributed by atoms with E-state index in [-0.39, 0.29) is 0 Å². The van der Waals surface area contributed by atoms with Crippen molar-refractivity contribution in [1.82, 2.24) is 9.55 Å². The van der Waals surface area contributed by atoms with Gasteiger partial charge in [0.15, 0.2) is 0 Å². The quantitative estimate of drug-likeness (QED) is 0.235. The molecule has 0 N–H and O–H groups in total. The lowest BCUT2D eigenvalue weighted by Gasteiger charge is -2.11. The van der Waals surface area contributed by atoms with Gasteiger partial charge in [-0.15, -0.1) is 11.3 Å². The van der Waals surface area contributed by atoms with Crippen LogP contribution in [0.2, 0.25) is 0 Å². The number of nitrogens with zero attached hydrogens (tertiary/aromatic N) is 2. The summed E-state index contributed by atoms with van der Waals surface area (Å²) in [5, 5.41) is 5.05. The van der Waals surface area contributed by atoms with Crippen LogP contribution in [0.3, 0.4) is 0 Å². The molecule has 0 spiro atoms. The molecule has 38 heavy (non-hydrogen) atoms. The number of hydrogen-bond acceptors (Lipinski definition) is 2. The molecule has 8 rings (SSSR count). The molecule has 0 bridgehead atoms. The highest BCUT2D eigenvalue weighted by atomic mass is 32.1. The minimum atomic E-state index is 1.17. The van der Waals surface area contributed by atoms with Gasteiger partial charge in [-0.05, 0) is 53.1 Å². The van der Waals surface area contributed by atoms with Crippen LogP contribution in [-0.4, -0.2) is 9.55 Å². The van der Waals surface area contributed by atoms with Gasteiger partial charge < -0.3 is 4.57 Å². The van der Waals surface area contributed by atoms with Crippen molar-refractivity contribution < 1.29 is 0 Å². The number of benzene rings is 5. The predicted octanol–water partition coefficient (Wildman–Crippen LogP) is 9.88. The van der Waals surface area contributed by atoms with Crippen LogP contribution in [0.25, 0.3) is 69.9 Å². The third kappa shape index (κ3) is 3.22. The number of fused-ring (bicyclic) bond motifs is 6. The van der Waals surface area contributed by atoms with E-state index in [1.165, 1.54) is 69.9 Å². The van der Waals surface area contributed by atoms with Gasteiger partial charge in [0.05, 0.1) is 11.0 Å². The van der Waals surface area contributed by atoms with Gasteiger partial charge in [0.25, 0.3) is 0 Å². The van der Waals surface area contributed by atoms with E-state index in [2.05, 4.69) is 131 Å². The first-order chi connectivity index (χ1) is 18.8. The Labute approximate surface area is 224 Å². The summed E-state index contributed by atoms with van der Waals surface area (Å²) < 4.78 is 4.96. The molecule has 5 aromatic carbocycles. The molecule has 3 heterocycles. The van der Waals surface area contributed by atoms with Crippen molar-refractivity contribution in [3.05, 3.63) is 134 Å². The Morgan fingerprint density at radius 3 is 1.92 bits per heavy atom. The summed E-state index contributed by atoms with van der Waals surface area (Å²) in [5.41, 5.74) is 8.38. The molecule has 3 aromatic heterocycles. The Kier molecular flexibility index (Phi) is 4.73. The van der Waals surface area contributed by atoms with Crippen LogP contribution in [0.15, 0.2) is 134 Å². The van der Waals surface area contributed by atoms with E-state index in [0.29, 0.717) is 0 Å². The average Bonchev–Trinajstić information content (AvgIpc) is 3.53. The van der Waals surface area contributed by atoms with Crippen molar-refractivity contribution in [2.75, 3.05) is 0 Å². The SMILES string of the molecule is c1cc(-c2cccc(-n3c4ccccc4c4ccccc43)c2)cc(-c2cncc3c2sc2ccccc23)c1. The normalized spacial score (nSPS) is 11.7. The molecule has 0 saturated carbocycles. The highest BCUT2D eigenvalue weighted by Gasteiger charge is 2.14. The van der Waals surface area contributed by atoms with Crippen LogP contribution in [0.4, 0.5) is 0 Å². The fraction of sp³-hybridized carbons (Fsp3) is 0. The molecule has 0 saturated heterocycles. The molecular formula is C35H22N2S. The number of pyridine rings is 1. The van der Waals surface area contributed by atoms with E-state index in [1.54, 1.807) is 0 Å². The third-order valence-electron chi connectivity index (χ3n) is 7.48. The van der Waals surface area contributed by atoms with Gasteiger partial charge in [-0.2, -0.15) is 0 Å². The zero-order valence-electron chi connectivity index (χ0n) is 20.5. The van der Waals surface area contributed by atoms with Gasteiger partial charge in [0.1, 0.15) is 0 Å². The van der Waals surface area contributed by atoms with Crippen LogP contribution < -0.4 is 0 Å². The molecule has 0 aliphatic heterocycles. The summed E-state index contributed by atoms with van der Waals surface area (Å²) in [7, 11) is 0. The molecule has 0 aliphatic carbocycles. The molecule has 0 atom stereocenters. The summed E-state index contributed by atoms with van der Waals surface area (Å²) in [5.74, 6) is 0. The highest BCUT2D eigenvalue weighted by molar-refractivity contribution is 7.26. The fourth-order valence-electron chi connectivity index (χ4n) is 5.74. The molecule has 8 aromatic rings. The highest BCUT2D eigenvalue weighted by Crippen LogP contribution is 2.40. The Morgan fingerprint density at radius 2 is 1.13 bits per heavy atom. The maximum absolute atomic E-state index is 4.62. The standard InChI is InChI=1S/C35H22N2S/c1-4-16-32-27(13-1)28-14-2-5-17-33(28)37(32)26-12-8-10-24(20-26)23-9-7-11-25(19-23)30-21-36-22-31-29-15-3-6-18-34(29)38-35(30)31/h1-22H. The van der Waals surface area contributed by atoms with Gasteiger partial charge >= 0.3 is 0 Å². The fourth-order valence-corrected chi connectivity index (χ4v) is 6.94. The van der Waals surface area contributed by atoms with Gasteiger partial charge in [-0.3, -0.25) is 4.98 Å². The number of aromatic nitrogens is 2. The molecule has 0 aliphatic rings. The van der Waals surface area contributed by atoms with Crippen molar-refractivity contribution in [2.24, 2.45) is 0 Å². The third-order valence-corrected chi connectivity index (χ3v) is 8.70. The van der Waals surface area contributed by atoms with Gasteiger partial charge in [-0.1, -0.05) is 84.9 Å². The first-order valence-electron chi connectivity index (χ1n) is 12.8. The van der Waals surface area contributed by atoms with E-state index in [1.807, 2.05) is 23.7 Å². The summed E-state index contributed by atoms with van der Waals surface area (Å²) in [6.07, 6.45) is 4.00. The van der Waals surface area contributed by atoms with Crippen molar-refractivity contribution in [3.8, 4) is 27.9 Å². The first kappa shape index (κ1) is 21.4. The topological polar surface area (TPSA) is 17.8 Å². The van der Waals surface area contributed by atoms with Crippen LogP contribution in [0.1, 0.15) is 0 Å². The maximum Gasteiger partial charge on any atom is 0.0541 e. The number of rotatable bonds is 3. The van der Waals surface area contributed by atoms with Gasteiger partial charge in [0.2, 0.25) is 0 Å². The summed E-state index contributed by atoms with van der Waals surface area (Å²) in [6.45, 7) is 0. The van der Waals surface area contributed by atoms with Crippen molar-refractivity contribution in [2.45, 2.75) is 0 Å². The first-order valence-corrected chi connectivity index (χ1v) is 13.6. The van der Waals surface area contributed by atoms with Crippen molar-refractivity contribution >= 4 is 53.3 Å². The molecule has 178 valence electrons. The molecule has 0 unspecified atom stereocenters. The Bertz CT molecular complexity index is 2090. The minimum absolute atomic E-state index is 1.17. The Balaban J connectivity index is 1.28. The Morgan fingerprint density at radius 1 is 0.500 bits per heavy atom. The molecule has 0 radical (unpaired) electrons. The second-order valence-electron chi connectivity index (χ2n) is 9.66. The lowest BCUT2D eigenvalue weighted by atomic mass is 9.99. The van der Waals surface area contributed by atoms with E-state index < -0.39 is 0 Å². The predicted molar refractivity (Wildman–Crippen MR) is 162 cm³/mol. The Hall–Kier alpha value is -4.73. The van der Waals surface area contributed by atoms with E-state index in [4.69, 9.17) is 0 Å². The minimum Gasteiger partial charge on any atom is -0.309 e. The lowest BCUT2D eigenvalue weighted by molar-refractivity contribution is 1.18. The van der Waals surface area contributed by atoms with Crippen molar-refractivity contribution in [1.29, 1.82) is 0 Å². The monoisotopic (exact) mass is 502 g/mol. The van der Waals surface area contributed by atoms with E-state index >= 15 is 0 Å². The van der Waals surface area contributed by atoms with Crippen LogP contribution in [-0.2, 0) is 0 Å². The second-order valence-corrected chi connectivity index (χ2v) is 10.7. The van der Waals surface area contributed by atoms with E-state index in [0.717, 1.165) is 0 Å². The van der Waals surface area contributed by atoms with Gasteiger partial charge in [-0.25, -0.2) is 0 Å². The van der Waals surface area contributed by atoms with Gasteiger partial charge in [0, 0.05) is 54.6 Å². The van der Waals surface area contributed by atoms with Crippen LogP contribution >= 0.6 is 11.3 Å². The molecule has 0 fully saturated rings. The molecule has 0 amide bonds. The largest absolute Gasteiger partial charge is 0.309 e. The summed E-state index contributed by atoms with van der Waals surface area (Å²) in [6, 6.07) is 43.6. The molecule has 2 nitrogen and oxygen atoms in total. The second kappa shape index (κ2) is 8.41. The number of para-hydroxylation sites is 2. The van der Waals surface area contributed by atoms with Crippen LogP contribution in [0.5, 0.6) is 0 Å².